The molecular weight excluding hydrogens is 1160 g/mol. The standard InChI is InChI=1S/C59H62N6O21S/c1-35(66)78-31-82-53(70)27-64(28-54(71)83-32-79-36(2)67)47-11-9-10-12-49(47)76-21-22-77-52-24-40(14-20-48(52)65(29-55(72)84-33-80-37(3)68)30-56(73)85-34-81-38(4)69)61-59(87)60-39-13-17-43(46(23-39)58(74)75)57-44-18-15-41(62(5)6)25-50(44)86-51-26-42(63(7)8)16-19-45(51)57/h9-20,23-26H,21-22,27-34H2,1-8H3,(H2-,60,61,74,75,87). The van der Waals surface area contributed by atoms with Crippen LogP contribution in [-0.4, -0.2) is 154 Å². The van der Waals surface area contributed by atoms with Gasteiger partial charge in [-0.25, -0.2) is 4.42 Å². The van der Waals surface area contributed by atoms with E-state index in [1.165, 1.54) is 46.2 Å². The lowest BCUT2D eigenvalue weighted by Gasteiger charge is -2.26. The largest absolute Gasteiger partial charge is 0.545 e. The van der Waals surface area contributed by atoms with Gasteiger partial charge in [0.2, 0.25) is 27.2 Å². The van der Waals surface area contributed by atoms with Gasteiger partial charge in [0.1, 0.15) is 50.9 Å². The summed E-state index contributed by atoms with van der Waals surface area (Å²) in [7, 11) is 7.57. The Morgan fingerprint density at radius 3 is 1.31 bits per heavy atom. The number of fused-ring (bicyclic) bond motifs is 2. The van der Waals surface area contributed by atoms with Crippen LogP contribution in [0.5, 0.6) is 11.5 Å². The smallest absolute Gasteiger partial charge is 0.363 e. The summed E-state index contributed by atoms with van der Waals surface area (Å²) in [4.78, 5) is 117. The van der Waals surface area contributed by atoms with E-state index >= 15 is 0 Å². The summed E-state index contributed by atoms with van der Waals surface area (Å²) in [5, 5.41) is 20.4. The summed E-state index contributed by atoms with van der Waals surface area (Å²) in [6, 6.07) is 26.5. The van der Waals surface area contributed by atoms with Gasteiger partial charge in [0.05, 0.1) is 40.2 Å². The van der Waals surface area contributed by atoms with Crippen LogP contribution in [0.1, 0.15) is 38.1 Å². The van der Waals surface area contributed by atoms with Crippen LogP contribution in [0.2, 0.25) is 0 Å². The third-order valence-corrected chi connectivity index (χ3v) is 12.3. The number of carbonyl (C=O) groups excluding carboxylic acids is 9. The van der Waals surface area contributed by atoms with Crippen LogP contribution in [0, 0.1) is 0 Å². The van der Waals surface area contributed by atoms with Crippen LogP contribution < -0.4 is 44.8 Å². The average molecular weight is 1220 g/mol. The Hall–Kier alpha value is -10.5. The number of carbonyl (C=O) groups is 9. The monoisotopic (exact) mass is 1220 g/mol. The molecule has 0 bridgehead atoms. The minimum absolute atomic E-state index is 0.0269. The molecule has 6 aromatic rings. The Kier molecular flexibility index (Phi) is 23.7. The zero-order chi connectivity index (χ0) is 63.3. The minimum atomic E-state index is -1.47. The zero-order valence-electron chi connectivity index (χ0n) is 48.6. The van der Waals surface area contributed by atoms with E-state index in [-0.39, 0.29) is 58.1 Å². The highest BCUT2D eigenvalue weighted by Gasteiger charge is 2.27. The highest BCUT2D eigenvalue weighted by atomic mass is 32.1. The summed E-state index contributed by atoms with van der Waals surface area (Å²) >= 11 is 5.74. The van der Waals surface area contributed by atoms with Crippen LogP contribution in [-0.2, 0) is 76.3 Å². The molecule has 0 atom stereocenters. The third kappa shape index (κ3) is 19.8. The number of nitrogens with zero attached hydrogens (tertiary/aromatic N) is 4. The van der Waals surface area contributed by atoms with Crippen LogP contribution in [0.4, 0.5) is 34.1 Å². The summed E-state index contributed by atoms with van der Waals surface area (Å²) in [6.07, 6.45) is 0. The second kappa shape index (κ2) is 31.4. The van der Waals surface area contributed by atoms with E-state index in [1.807, 2.05) is 74.4 Å². The van der Waals surface area contributed by atoms with Gasteiger partial charge in [0, 0.05) is 95.8 Å². The summed E-state index contributed by atoms with van der Waals surface area (Å²) in [5.41, 5.74) is 4.25. The number of nitrogens with one attached hydrogen (secondary N) is 2. The maximum absolute atomic E-state index is 13.2. The lowest BCUT2D eigenvalue weighted by atomic mass is 9.92. The van der Waals surface area contributed by atoms with Crippen molar-refractivity contribution in [1.82, 2.24) is 0 Å². The molecule has 27 nitrogen and oxygen atoms in total. The van der Waals surface area contributed by atoms with Crippen LogP contribution in [0.3, 0.4) is 0 Å². The molecule has 2 N–H and O–H groups in total. The van der Waals surface area contributed by atoms with Crippen molar-refractivity contribution in [1.29, 1.82) is 0 Å². The van der Waals surface area contributed by atoms with E-state index in [1.54, 1.807) is 24.3 Å². The molecule has 0 radical (unpaired) electrons. The Labute approximate surface area is 503 Å². The van der Waals surface area contributed by atoms with Crippen molar-refractivity contribution in [2.24, 2.45) is 0 Å². The van der Waals surface area contributed by atoms with Crippen molar-refractivity contribution in [2.45, 2.75) is 27.7 Å². The first-order chi connectivity index (χ1) is 41.4. The molecular formula is C59H62N6O21S. The third-order valence-electron chi connectivity index (χ3n) is 12.1. The van der Waals surface area contributed by atoms with E-state index in [0.29, 0.717) is 33.1 Å². The molecule has 0 aliphatic heterocycles. The van der Waals surface area contributed by atoms with Gasteiger partial charge in [0.25, 0.3) is 0 Å². The number of hydrogen-bond donors (Lipinski definition) is 2. The van der Waals surface area contributed by atoms with Gasteiger partial charge in [-0.05, 0) is 78.4 Å². The number of para-hydroxylation sites is 2. The van der Waals surface area contributed by atoms with Crippen molar-refractivity contribution >= 4 is 127 Å². The molecule has 6 rings (SSSR count). The molecule has 0 unspecified atom stereocenters. The highest BCUT2D eigenvalue weighted by molar-refractivity contribution is 7.80. The fraction of sp³-hybridized carbons (Fsp3) is 0.305. The molecule has 0 spiro atoms. The second-order valence-electron chi connectivity index (χ2n) is 18.9. The predicted octanol–water partition coefficient (Wildman–Crippen LogP) is 5.16. The molecule has 1 heterocycles. The molecule has 1 aromatic heterocycles. The van der Waals surface area contributed by atoms with Gasteiger partial charge in [-0.3, -0.25) is 38.4 Å². The molecule has 460 valence electrons. The number of anilines is 6. The van der Waals surface area contributed by atoms with Gasteiger partial charge in [-0.1, -0.05) is 18.2 Å². The van der Waals surface area contributed by atoms with E-state index in [4.69, 9.17) is 64.0 Å². The first kappa shape index (κ1) is 65.6. The number of hydrogen-bond acceptors (Lipinski definition) is 25. The second-order valence-corrected chi connectivity index (χ2v) is 19.3. The number of carboxylic acid groups (broad SMARTS) is 1. The molecule has 0 saturated heterocycles. The first-order valence-corrected chi connectivity index (χ1v) is 26.6. The number of carboxylic acids is 1. The lowest BCUT2D eigenvalue weighted by Crippen LogP contribution is -2.37. The summed E-state index contributed by atoms with van der Waals surface area (Å²) < 4.78 is 57.9. The van der Waals surface area contributed by atoms with Crippen LogP contribution in [0.15, 0.2) is 101 Å². The number of ether oxygens (including phenoxy) is 10. The van der Waals surface area contributed by atoms with Gasteiger partial charge in [-0.15, -0.1) is 0 Å². The van der Waals surface area contributed by atoms with Crippen molar-refractivity contribution < 1.29 is 100 Å². The molecule has 0 amide bonds. The van der Waals surface area contributed by atoms with Crippen molar-refractivity contribution in [3.05, 3.63) is 103 Å². The van der Waals surface area contributed by atoms with Crippen LogP contribution >= 0.6 is 12.2 Å². The topological polar surface area (TPSA) is 317 Å². The number of thiocarbonyl (C=S) groups is 1. The Morgan fingerprint density at radius 2 is 0.885 bits per heavy atom. The van der Waals surface area contributed by atoms with Gasteiger partial charge >= 0.3 is 58.9 Å². The van der Waals surface area contributed by atoms with Crippen molar-refractivity contribution in [3.8, 4) is 22.6 Å². The normalized spacial score (nSPS) is 10.6. The first-order valence-electron chi connectivity index (χ1n) is 26.2. The molecule has 87 heavy (non-hydrogen) atoms. The van der Waals surface area contributed by atoms with E-state index in [2.05, 4.69) is 10.6 Å². The SMILES string of the molecule is CC(=O)OCOC(=O)CN(CC(=O)OCOC(C)=O)c1ccccc1OCCOc1cc(NC(=S)Nc2ccc(-c3c4ccc(N(C)C)cc4[o+]c4cc(N(C)C)ccc34)c(C(=O)[O-])c2)ccc1N(CC(=O)OCOC(C)=O)CC(=O)OCOC(C)=O. The number of aromatic carboxylic acids is 1. The van der Waals surface area contributed by atoms with Gasteiger partial charge in [0.15, 0.2) is 5.11 Å². The summed E-state index contributed by atoms with van der Waals surface area (Å²) in [5.74, 6) is -8.10. The van der Waals surface area contributed by atoms with Crippen molar-refractivity contribution in [3.63, 3.8) is 0 Å². The molecule has 28 heteroatoms. The fourth-order valence-electron chi connectivity index (χ4n) is 8.10. The molecule has 0 fully saturated rings. The Morgan fingerprint density at radius 1 is 0.483 bits per heavy atom. The number of esters is 8. The Balaban J connectivity index is 1.31. The van der Waals surface area contributed by atoms with Gasteiger partial charge in [-0.2, -0.15) is 0 Å². The molecule has 0 aliphatic carbocycles. The van der Waals surface area contributed by atoms with E-state index < -0.39 is 107 Å². The van der Waals surface area contributed by atoms with Crippen molar-refractivity contribution in [2.75, 3.05) is 125 Å². The Bertz CT molecular complexity index is 3430. The van der Waals surface area contributed by atoms with Gasteiger partial charge < -0.3 is 87.5 Å². The maximum atomic E-state index is 13.2. The zero-order valence-corrected chi connectivity index (χ0v) is 49.4. The summed E-state index contributed by atoms with van der Waals surface area (Å²) in [6.45, 7) is -1.60. The van der Waals surface area contributed by atoms with E-state index in [9.17, 15) is 48.3 Å². The fourth-order valence-corrected chi connectivity index (χ4v) is 8.34. The maximum Gasteiger partial charge on any atom is 0.363 e. The quantitative estimate of drug-likeness (QED) is 0.0116. The molecule has 0 saturated carbocycles. The van der Waals surface area contributed by atoms with Crippen LogP contribution in [0.25, 0.3) is 33.1 Å². The highest BCUT2D eigenvalue weighted by Crippen LogP contribution is 2.41. The molecule has 5 aromatic carbocycles. The minimum Gasteiger partial charge on any atom is -0.545 e. The predicted molar refractivity (Wildman–Crippen MR) is 316 cm³/mol. The number of benzene rings is 5. The lowest BCUT2D eigenvalue weighted by molar-refractivity contribution is -0.255. The number of rotatable bonds is 29. The molecule has 0 aliphatic rings. The average Bonchev–Trinajstić information content (AvgIpc) is 0.925. The van der Waals surface area contributed by atoms with E-state index in [0.717, 1.165) is 39.1 Å².